The average Bonchev–Trinajstić information content (AvgIpc) is 2.86. The molecule has 164 valence electrons. The van der Waals surface area contributed by atoms with Crippen LogP contribution in [-0.2, 0) is 19.1 Å². The molecule has 1 saturated heterocycles. The summed E-state index contributed by atoms with van der Waals surface area (Å²) in [7, 11) is 0. The van der Waals surface area contributed by atoms with Crippen molar-refractivity contribution in [2.45, 2.75) is 72.9 Å². The molecule has 1 aromatic carbocycles. The Hall–Kier alpha value is -2.70. The van der Waals surface area contributed by atoms with E-state index in [4.69, 9.17) is 4.74 Å². The minimum absolute atomic E-state index is 0.0639. The molecule has 2 rings (SSSR count). The standard InChI is InChI=1S/C23H32N2O5/c1-8-30-21(29)15-9-11-16(12-10-15)24-18(26)13-17(20(24)28)25(23(5,6)7)19(27)14-22(2,3)4/h9-12,17H,8,13-14H2,1-7H3. The van der Waals surface area contributed by atoms with Gasteiger partial charge in [0.05, 0.1) is 24.3 Å². The molecular formula is C23H32N2O5. The molecule has 7 heteroatoms. The molecule has 0 spiro atoms. The highest BCUT2D eigenvalue weighted by atomic mass is 16.5. The van der Waals surface area contributed by atoms with E-state index in [1.54, 1.807) is 24.0 Å². The van der Waals surface area contributed by atoms with E-state index in [0.29, 0.717) is 11.3 Å². The first kappa shape index (κ1) is 23.6. The van der Waals surface area contributed by atoms with Gasteiger partial charge >= 0.3 is 5.97 Å². The number of carbonyl (C=O) groups is 4. The third-order valence-electron chi connectivity index (χ3n) is 4.74. The maximum atomic E-state index is 13.2. The normalized spacial score (nSPS) is 17.3. The van der Waals surface area contributed by atoms with Crippen LogP contribution >= 0.6 is 0 Å². The summed E-state index contributed by atoms with van der Waals surface area (Å²) in [5.74, 6) is -1.42. The molecule has 1 heterocycles. The fourth-order valence-corrected chi connectivity index (χ4v) is 3.60. The molecule has 1 aromatic rings. The van der Waals surface area contributed by atoms with Crippen LogP contribution in [0.25, 0.3) is 0 Å². The van der Waals surface area contributed by atoms with Crippen LogP contribution in [0, 0.1) is 5.41 Å². The van der Waals surface area contributed by atoms with Crippen molar-refractivity contribution in [1.82, 2.24) is 4.90 Å². The van der Waals surface area contributed by atoms with Crippen LogP contribution in [-0.4, -0.2) is 46.8 Å². The Kier molecular flexibility index (Phi) is 6.74. The first-order valence-electron chi connectivity index (χ1n) is 10.2. The van der Waals surface area contributed by atoms with Crippen molar-refractivity contribution >= 4 is 29.4 Å². The minimum atomic E-state index is -0.850. The summed E-state index contributed by atoms with van der Waals surface area (Å²) in [4.78, 5) is 53.5. The summed E-state index contributed by atoms with van der Waals surface area (Å²) >= 11 is 0. The van der Waals surface area contributed by atoms with Crippen LogP contribution in [0.2, 0.25) is 0 Å². The van der Waals surface area contributed by atoms with Crippen molar-refractivity contribution < 1.29 is 23.9 Å². The predicted molar refractivity (Wildman–Crippen MR) is 114 cm³/mol. The van der Waals surface area contributed by atoms with E-state index in [9.17, 15) is 19.2 Å². The second kappa shape index (κ2) is 8.58. The molecule has 1 atom stereocenters. The Balaban J connectivity index is 2.31. The zero-order valence-corrected chi connectivity index (χ0v) is 18.9. The van der Waals surface area contributed by atoms with Gasteiger partial charge in [0.2, 0.25) is 11.8 Å². The third-order valence-corrected chi connectivity index (χ3v) is 4.74. The maximum absolute atomic E-state index is 13.2. The second-order valence-corrected chi connectivity index (χ2v) is 9.73. The van der Waals surface area contributed by atoms with Gasteiger partial charge in [-0.2, -0.15) is 0 Å². The van der Waals surface area contributed by atoms with E-state index in [1.165, 1.54) is 12.1 Å². The molecule has 1 aliphatic rings. The van der Waals surface area contributed by atoms with Crippen molar-refractivity contribution in [2.75, 3.05) is 11.5 Å². The van der Waals surface area contributed by atoms with Crippen LogP contribution in [0.4, 0.5) is 5.69 Å². The van der Waals surface area contributed by atoms with Crippen molar-refractivity contribution in [1.29, 1.82) is 0 Å². The molecule has 0 aliphatic carbocycles. The van der Waals surface area contributed by atoms with Gasteiger partial charge in [-0.15, -0.1) is 0 Å². The molecular weight excluding hydrogens is 384 g/mol. The first-order chi connectivity index (χ1) is 13.8. The molecule has 7 nitrogen and oxygen atoms in total. The number of imide groups is 1. The van der Waals surface area contributed by atoms with Gasteiger partial charge in [-0.05, 0) is 57.4 Å². The lowest BCUT2D eigenvalue weighted by Crippen LogP contribution is -2.55. The van der Waals surface area contributed by atoms with E-state index in [1.807, 2.05) is 41.5 Å². The van der Waals surface area contributed by atoms with Gasteiger partial charge in [0.25, 0.3) is 5.91 Å². The predicted octanol–water partition coefficient (Wildman–Crippen LogP) is 3.56. The van der Waals surface area contributed by atoms with Gasteiger partial charge in [-0.1, -0.05) is 20.8 Å². The highest BCUT2D eigenvalue weighted by Gasteiger charge is 2.47. The summed E-state index contributed by atoms with van der Waals surface area (Å²) in [5, 5.41) is 0. The number of benzene rings is 1. The molecule has 0 bridgehead atoms. The summed E-state index contributed by atoms with van der Waals surface area (Å²) in [5.41, 5.74) is -0.146. The number of ether oxygens (including phenoxy) is 1. The summed E-state index contributed by atoms with van der Waals surface area (Å²) in [6.45, 7) is 13.5. The fourth-order valence-electron chi connectivity index (χ4n) is 3.60. The molecule has 1 unspecified atom stereocenters. The molecule has 0 N–H and O–H groups in total. The fraction of sp³-hybridized carbons (Fsp3) is 0.565. The van der Waals surface area contributed by atoms with Gasteiger partial charge in [0.15, 0.2) is 0 Å². The Morgan fingerprint density at radius 1 is 1.07 bits per heavy atom. The Labute approximate surface area is 178 Å². The van der Waals surface area contributed by atoms with E-state index < -0.39 is 23.5 Å². The number of anilines is 1. The minimum Gasteiger partial charge on any atom is -0.462 e. The second-order valence-electron chi connectivity index (χ2n) is 9.73. The van der Waals surface area contributed by atoms with Crippen LogP contribution in [0.5, 0.6) is 0 Å². The van der Waals surface area contributed by atoms with Gasteiger partial charge in [0.1, 0.15) is 6.04 Å². The lowest BCUT2D eigenvalue weighted by molar-refractivity contribution is -0.145. The smallest absolute Gasteiger partial charge is 0.338 e. The van der Waals surface area contributed by atoms with Crippen molar-refractivity contribution in [3.63, 3.8) is 0 Å². The lowest BCUT2D eigenvalue weighted by Gasteiger charge is -2.40. The van der Waals surface area contributed by atoms with Crippen LogP contribution in [0.15, 0.2) is 24.3 Å². The number of esters is 1. The number of hydrogen-bond donors (Lipinski definition) is 0. The van der Waals surface area contributed by atoms with Crippen LogP contribution < -0.4 is 4.90 Å². The molecule has 1 aliphatic heterocycles. The lowest BCUT2D eigenvalue weighted by atomic mass is 9.89. The summed E-state index contributed by atoms with van der Waals surface area (Å²) in [6.07, 6.45) is 0.210. The van der Waals surface area contributed by atoms with E-state index in [-0.39, 0.29) is 36.7 Å². The zero-order valence-electron chi connectivity index (χ0n) is 18.9. The number of nitrogens with zero attached hydrogens (tertiary/aromatic N) is 2. The highest BCUT2D eigenvalue weighted by Crippen LogP contribution is 2.32. The zero-order chi connectivity index (χ0) is 22.9. The number of amides is 3. The number of rotatable bonds is 5. The van der Waals surface area contributed by atoms with Crippen molar-refractivity contribution in [3.05, 3.63) is 29.8 Å². The number of carbonyl (C=O) groups excluding carboxylic acids is 4. The van der Waals surface area contributed by atoms with Gasteiger partial charge < -0.3 is 9.64 Å². The third kappa shape index (κ3) is 5.26. The van der Waals surface area contributed by atoms with Crippen molar-refractivity contribution in [2.24, 2.45) is 5.41 Å². The van der Waals surface area contributed by atoms with Gasteiger partial charge in [0, 0.05) is 12.0 Å². The van der Waals surface area contributed by atoms with E-state index in [2.05, 4.69) is 0 Å². The molecule has 1 fully saturated rings. The Bertz CT molecular complexity index is 831. The molecule has 30 heavy (non-hydrogen) atoms. The van der Waals surface area contributed by atoms with Crippen LogP contribution in [0.1, 0.15) is 71.7 Å². The van der Waals surface area contributed by atoms with E-state index >= 15 is 0 Å². The summed E-state index contributed by atoms with van der Waals surface area (Å²) in [6, 6.07) is 5.28. The van der Waals surface area contributed by atoms with Gasteiger partial charge in [-0.25, -0.2) is 9.69 Å². The Morgan fingerprint density at radius 2 is 1.63 bits per heavy atom. The highest BCUT2D eigenvalue weighted by molar-refractivity contribution is 6.23. The average molecular weight is 417 g/mol. The molecule has 0 radical (unpaired) electrons. The van der Waals surface area contributed by atoms with E-state index in [0.717, 1.165) is 4.90 Å². The summed E-state index contributed by atoms with van der Waals surface area (Å²) < 4.78 is 4.96. The largest absolute Gasteiger partial charge is 0.462 e. The van der Waals surface area contributed by atoms with Crippen molar-refractivity contribution in [3.8, 4) is 0 Å². The monoisotopic (exact) mass is 416 g/mol. The molecule has 3 amide bonds. The number of hydrogen-bond acceptors (Lipinski definition) is 5. The quantitative estimate of drug-likeness (QED) is 0.541. The molecule has 0 aromatic heterocycles. The topological polar surface area (TPSA) is 84.0 Å². The van der Waals surface area contributed by atoms with Gasteiger partial charge in [-0.3, -0.25) is 14.4 Å². The SMILES string of the molecule is CCOC(=O)c1ccc(N2C(=O)CC(N(C(=O)CC(C)(C)C)C(C)(C)C)C2=O)cc1. The maximum Gasteiger partial charge on any atom is 0.338 e. The van der Waals surface area contributed by atoms with Crippen LogP contribution in [0.3, 0.4) is 0 Å². The first-order valence-corrected chi connectivity index (χ1v) is 10.2. The molecule has 0 saturated carbocycles. The Morgan fingerprint density at radius 3 is 2.10 bits per heavy atom.